The summed E-state index contributed by atoms with van der Waals surface area (Å²) < 4.78 is 2.93. The predicted molar refractivity (Wildman–Crippen MR) is 266 cm³/mol. The number of nitrogens with zero attached hydrogens (tertiary/aromatic N) is 2. The van der Waals surface area contributed by atoms with Crippen molar-refractivity contribution >= 4 is 57.5 Å². The highest BCUT2D eigenvalue weighted by Crippen LogP contribution is 2.52. The normalized spacial score (nSPS) is 22.6. The molecule has 5 heteroatoms. The Bertz CT molecular complexity index is 2410. The van der Waals surface area contributed by atoms with Crippen LogP contribution in [0.25, 0.3) is 21.2 Å². The third-order valence-electron chi connectivity index (χ3n) is 15.1. The minimum atomic E-state index is -1.45. The molecule has 2 nitrogen and oxygen atoms in total. The van der Waals surface area contributed by atoms with E-state index in [1.807, 2.05) is 11.3 Å². The van der Waals surface area contributed by atoms with E-state index in [0.29, 0.717) is 11.8 Å². The summed E-state index contributed by atoms with van der Waals surface area (Å²) in [6.45, 7) is 39.7. The molecule has 2 unspecified atom stereocenters. The minimum Gasteiger partial charge on any atom is -0.344 e. The Morgan fingerprint density at radius 3 is 2.19 bits per heavy atom. The molecule has 0 amide bonds. The summed E-state index contributed by atoms with van der Waals surface area (Å²) in [5.74, 6) is 3.65. The highest BCUT2D eigenvalue weighted by Gasteiger charge is 2.43. The summed E-state index contributed by atoms with van der Waals surface area (Å²) in [6, 6.07) is 22.1. The highest BCUT2D eigenvalue weighted by molar-refractivity contribution is 7.31. The predicted octanol–water partition coefficient (Wildman–Crippen LogP) is 14.2. The van der Waals surface area contributed by atoms with Crippen LogP contribution in [-0.2, 0) is 16.2 Å². The summed E-state index contributed by atoms with van der Waals surface area (Å²) in [7, 11) is -1.45. The summed E-state index contributed by atoms with van der Waals surface area (Å²) in [5.41, 5.74) is 14.7. The van der Waals surface area contributed by atoms with Gasteiger partial charge < -0.3 is 9.80 Å². The van der Waals surface area contributed by atoms with E-state index in [-0.39, 0.29) is 28.4 Å². The van der Waals surface area contributed by atoms with Crippen LogP contribution in [0, 0.1) is 17.3 Å². The number of rotatable bonds is 6. The average Bonchev–Trinajstić information content (AvgIpc) is 3.55. The lowest BCUT2D eigenvalue weighted by Crippen LogP contribution is -2.47. The molecule has 1 saturated carbocycles. The van der Waals surface area contributed by atoms with E-state index < -0.39 is 8.07 Å². The molecule has 0 saturated heterocycles. The van der Waals surface area contributed by atoms with Crippen LogP contribution in [0.1, 0.15) is 125 Å². The number of anilines is 2. The van der Waals surface area contributed by atoms with Crippen molar-refractivity contribution in [3.8, 4) is 11.1 Å². The topological polar surface area (TPSA) is 6.48 Å². The zero-order valence-electron chi connectivity index (χ0n) is 39.0. The van der Waals surface area contributed by atoms with Crippen molar-refractivity contribution in [2.75, 3.05) is 16.3 Å². The van der Waals surface area contributed by atoms with Gasteiger partial charge in [0.15, 0.2) is 0 Å². The van der Waals surface area contributed by atoms with Crippen LogP contribution in [-0.4, -0.2) is 21.3 Å². The quantitative estimate of drug-likeness (QED) is 0.141. The molecule has 0 N–H and O–H groups in total. The fraction of sp³-hybridized carbons (Fsp3) is 0.481. The standard InChI is InChI=1S/C54H71BN2SSi/c1-16-27-56-33-39-34-57(47-22-19-38(51(4,5)6)28-42(47)37-17-20-41(21-18-37)59(13,14)15)40(29-44-36(3)35(2)23-24-52(44,7)8)32-55(39)50-49(56)43-30-45-46(31-48(43)58-50)54(11,12)26-25-53(45,9)10/h16-22,27-28,30-32,34-35,44H,3,23-26,29,33H2,1-2,4-15H3/b27-16+. The maximum absolute atomic E-state index is 4.83. The van der Waals surface area contributed by atoms with E-state index in [1.165, 1.54) is 90.5 Å². The van der Waals surface area contributed by atoms with Gasteiger partial charge in [-0.3, -0.25) is 0 Å². The first-order chi connectivity index (χ1) is 27.5. The first-order valence-corrected chi connectivity index (χ1v) is 27.0. The van der Waals surface area contributed by atoms with Crippen molar-refractivity contribution in [3.05, 3.63) is 119 Å². The second-order valence-electron chi connectivity index (χ2n) is 22.9. The molecule has 3 aromatic carbocycles. The van der Waals surface area contributed by atoms with Crippen LogP contribution < -0.4 is 19.8 Å². The SMILES string of the molecule is C=C1C(C)CCC(C)(C)C1CC1=CB2C(=CN1c1ccc(C(C)(C)C)cc1-c1ccc([Si](C)(C)C)cc1)CN(/C=C/C)c1c2sc2cc3c(cc12)C(C)(C)CCC3(C)C. The monoisotopic (exact) mass is 819 g/mol. The van der Waals surface area contributed by atoms with Gasteiger partial charge in [0, 0.05) is 45.1 Å². The number of thiophene rings is 1. The third-order valence-corrected chi connectivity index (χ3v) is 18.4. The first kappa shape index (κ1) is 42.2. The second-order valence-corrected chi connectivity index (χ2v) is 29.0. The van der Waals surface area contributed by atoms with Gasteiger partial charge in [0.1, 0.15) is 0 Å². The average molecular weight is 819 g/mol. The molecule has 8 rings (SSSR count). The largest absolute Gasteiger partial charge is 0.344 e. The molecule has 4 aromatic rings. The number of benzene rings is 3. The van der Waals surface area contributed by atoms with Crippen LogP contribution in [0.15, 0.2) is 102 Å². The summed E-state index contributed by atoms with van der Waals surface area (Å²) in [5, 5.41) is 2.94. The van der Waals surface area contributed by atoms with Gasteiger partial charge in [-0.05, 0) is 119 Å². The summed E-state index contributed by atoms with van der Waals surface area (Å²) in [6.07, 6.45) is 13.0. The zero-order valence-corrected chi connectivity index (χ0v) is 40.8. The van der Waals surface area contributed by atoms with Crippen molar-refractivity contribution in [1.82, 2.24) is 0 Å². The fourth-order valence-corrected chi connectivity index (χ4v) is 13.3. The molecule has 2 aliphatic heterocycles. The number of hydrogen-bond acceptors (Lipinski definition) is 3. The van der Waals surface area contributed by atoms with Crippen LogP contribution in [0.3, 0.4) is 0 Å². The van der Waals surface area contributed by atoms with Gasteiger partial charge in [-0.2, -0.15) is 0 Å². The maximum atomic E-state index is 4.83. The highest BCUT2D eigenvalue weighted by atomic mass is 32.1. The van der Waals surface area contributed by atoms with Gasteiger partial charge in [-0.25, -0.2) is 0 Å². The van der Waals surface area contributed by atoms with Gasteiger partial charge in [-0.15, -0.1) is 11.3 Å². The van der Waals surface area contributed by atoms with Crippen LogP contribution >= 0.6 is 11.3 Å². The molecule has 0 bridgehead atoms. The molecule has 59 heavy (non-hydrogen) atoms. The molecule has 2 aliphatic carbocycles. The maximum Gasteiger partial charge on any atom is 0.250 e. The molecule has 4 aliphatic rings. The molecular weight excluding hydrogens is 748 g/mol. The Balaban J connectivity index is 1.34. The van der Waals surface area contributed by atoms with Crippen molar-refractivity contribution in [2.24, 2.45) is 17.3 Å². The minimum absolute atomic E-state index is 0.0350. The van der Waals surface area contributed by atoms with Crippen molar-refractivity contribution in [1.29, 1.82) is 0 Å². The lowest BCUT2D eigenvalue weighted by molar-refractivity contribution is 0.164. The van der Waals surface area contributed by atoms with Crippen molar-refractivity contribution < 1.29 is 0 Å². The molecule has 3 heterocycles. The smallest absolute Gasteiger partial charge is 0.250 e. The van der Waals surface area contributed by atoms with Crippen LogP contribution in [0.2, 0.25) is 19.6 Å². The van der Waals surface area contributed by atoms with E-state index in [2.05, 4.69) is 185 Å². The summed E-state index contributed by atoms with van der Waals surface area (Å²) >= 11 is 2.05. The van der Waals surface area contributed by atoms with Crippen LogP contribution in [0.5, 0.6) is 0 Å². The van der Waals surface area contributed by atoms with E-state index >= 15 is 0 Å². The molecule has 1 aromatic heterocycles. The number of hydrogen-bond donors (Lipinski definition) is 0. The van der Waals surface area contributed by atoms with E-state index in [1.54, 1.807) is 11.1 Å². The van der Waals surface area contributed by atoms with Gasteiger partial charge >= 0.3 is 0 Å². The lowest BCUT2D eigenvalue weighted by atomic mass is 9.40. The Hall–Kier alpha value is -3.54. The van der Waals surface area contributed by atoms with Gasteiger partial charge in [-0.1, -0.05) is 154 Å². The van der Waals surface area contributed by atoms with Gasteiger partial charge in [0.05, 0.1) is 19.4 Å². The van der Waals surface area contributed by atoms with Gasteiger partial charge in [0.2, 0.25) is 0 Å². The van der Waals surface area contributed by atoms with E-state index in [4.69, 9.17) is 6.58 Å². The Labute approximate surface area is 363 Å². The molecular formula is C54H71BN2SSi. The van der Waals surface area contributed by atoms with Crippen molar-refractivity contribution in [3.63, 3.8) is 0 Å². The lowest BCUT2D eigenvalue weighted by Gasteiger charge is -2.46. The summed E-state index contributed by atoms with van der Waals surface area (Å²) in [4.78, 5) is 5.19. The van der Waals surface area contributed by atoms with Crippen molar-refractivity contribution in [2.45, 2.75) is 144 Å². The molecule has 0 radical (unpaired) electrons. The first-order valence-electron chi connectivity index (χ1n) is 22.7. The van der Waals surface area contributed by atoms with Crippen LogP contribution in [0.4, 0.5) is 11.4 Å². The fourth-order valence-electron chi connectivity index (χ4n) is 10.7. The molecule has 310 valence electrons. The Morgan fingerprint density at radius 1 is 0.898 bits per heavy atom. The van der Waals surface area contributed by atoms with E-state index in [0.717, 1.165) is 13.0 Å². The molecule has 2 atom stereocenters. The van der Waals surface area contributed by atoms with Gasteiger partial charge in [0.25, 0.3) is 6.71 Å². The second kappa shape index (κ2) is 14.5. The molecule has 1 fully saturated rings. The Kier molecular flexibility index (Phi) is 10.4. The zero-order chi connectivity index (χ0) is 42.6. The van der Waals surface area contributed by atoms with E-state index in [9.17, 15) is 0 Å². The number of allylic oxidation sites excluding steroid dienone is 3. The Morgan fingerprint density at radius 2 is 1.56 bits per heavy atom. The third kappa shape index (κ3) is 7.49. The molecule has 0 spiro atoms. The number of fused-ring (bicyclic) bond motifs is 6.